The molecule has 6 nitrogen and oxygen atoms in total. The summed E-state index contributed by atoms with van der Waals surface area (Å²) in [5.74, 6) is -1.26. The zero-order valence-electron chi connectivity index (χ0n) is 7.77. The molecule has 1 aromatic heterocycles. The van der Waals surface area contributed by atoms with Gasteiger partial charge in [-0.1, -0.05) is 11.6 Å². The minimum atomic E-state index is -3.36. The summed E-state index contributed by atoms with van der Waals surface area (Å²) in [6.07, 6.45) is 3.65. The first-order valence-corrected chi connectivity index (χ1v) is 6.26. The van der Waals surface area contributed by atoms with E-state index in [1.54, 1.807) is 0 Å². The summed E-state index contributed by atoms with van der Waals surface area (Å²) in [6, 6.07) is 0. The van der Waals surface area contributed by atoms with E-state index in [-0.39, 0.29) is 11.0 Å². The third-order valence-electron chi connectivity index (χ3n) is 1.30. The van der Waals surface area contributed by atoms with Crippen molar-refractivity contribution < 1.29 is 13.2 Å². The van der Waals surface area contributed by atoms with Gasteiger partial charge >= 0.3 is 0 Å². The maximum atomic E-state index is 11.2. The first kappa shape index (κ1) is 11.9. The highest BCUT2D eigenvalue weighted by molar-refractivity contribution is 7.91. The zero-order valence-corrected chi connectivity index (χ0v) is 9.34. The number of hydrogen-bond donors (Lipinski definition) is 1. The lowest BCUT2D eigenvalue weighted by molar-refractivity contribution is -0.113. The number of carbonyl (C=O) groups excluding carboxylic acids is 1. The van der Waals surface area contributed by atoms with Crippen LogP contribution in [0.2, 0.25) is 5.15 Å². The standard InChI is InChI=1S/C7H8ClN3O3S/c1-15(13,14)4-5(12)11-7-6(8)9-2-3-10-7/h2-3H,4H2,1H3,(H,10,11,12). The first-order valence-electron chi connectivity index (χ1n) is 3.82. The third-order valence-corrected chi connectivity index (χ3v) is 2.37. The van der Waals surface area contributed by atoms with Gasteiger partial charge in [-0.2, -0.15) is 0 Å². The van der Waals surface area contributed by atoms with E-state index in [1.165, 1.54) is 12.4 Å². The van der Waals surface area contributed by atoms with Crippen LogP contribution in [0.5, 0.6) is 0 Å². The summed E-state index contributed by atoms with van der Waals surface area (Å²) in [7, 11) is -3.36. The van der Waals surface area contributed by atoms with Crippen molar-refractivity contribution in [1.29, 1.82) is 0 Å². The van der Waals surface area contributed by atoms with E-state index in [4.69, 9.17) is 11.6 Å². The van der Waals surface area contributed by atoms with Crippen LogP contribution in [-0.4, -0.2) is 36.3 Å². The number of nitrogens with one attached hydrogen (secondary N) is 1. The number of halogens is 1. The van der Waals surface area contributed by atoms with Crippen molar-refractivity contribution in [1.82, 2.24) is 9.97 Å². The smallest absolute Gasteiger partial charge is 0.240 e. The molecule has 15 heavy (non-hydrogen) atoms. The van der Waals surface area contributed by atoms with Gasteiger partial charge in [0.1, 0.15) is 5.75 Å². The molecule has 1 aromatic rings. The van der Waals surface area contributed by atoms with Crippen LogP contribution >= 0.6 is 11.6 Å². The first-order chi connectivity index (χ1) is 6.88. The van der Waals surface area contributed by atoms with Gasteiger partial charge in [0.25, 0.3) is 0 Å². The molecule has 0 unspecified atom stereocenters. The Morgan fingerprint density at radius 3 is 2.60 bits per heavy atom. The van der Waals surface area contributed by atoms with Crippen molar-refractivity contribution in [3.63, 3.8) is 0 Å². The summed E-state index contributed by atoms with van der Waals surface area (Å²) in [6.45, 7) is 0. The molecule has 0 saturated heterocycles. The van der Waals surface area contributed by atoms with E-state index in [2.05, 4.69) is 15.3 Å². The van der Waals surface area contributed by atoms with Crippen molar-refractivity contribution in [3.8, 4) is 0 Å². The van der Waals surface area contributed by atoms with Gasteiger partial charge < -0.3 is 5.32 Å². The molecule has 0 saturated carbocycles. The molecule has 8 heteroatoms. The van der Waals surface area contributed by atoms with E-state index in [1.807, 2.05) is 0 Å². The van der Waals surface area contributed by atoms with E-state index in [0.29, 0.717) is 0 Å². The predicted molar refractivity (Wildman–Crippen MR) is 55.4 cm³/mol. The fourth-order valence-electron chi connectivity index (χ4n) is 0.811. The molecule has 1 rings (SSSR count). The molecular weight excluding hydrogens is 242 g/mol. The van der Waals surface area contributed by atoms with Gasteiger partial charge in [0, 0.05) is 18.6 Å². The third kappa shape index (κ3) is 4.22. The van der Waals surface area contributed by atoms with Crippen molar-refractivity contribution in [2.24, 2.45) is 0 Å². The molecule has 0 aliphatic heterocycles. The summed E-state index contributed by atoms with van der Waals surface area (Å²) < 4.78 is 21.6. The normalized spacial score (nSPS) is 11.1. The topological polar surface area (TPSA) is 89.0 Å². The molecule has 82 valence electrons. The Morgan fingerprint density at radius 1 is 1.47 bits per heavy atom. The van der Waals surface area contributed by atoms with Gasteiger partial charge in [0.2, 0.25) is 5.91 Å². The second-order valence-electron chi connectivity index (χ2n) is 2.81. The Bertz CT molecular complexity index is 474. The number of rotatable bonds is 3. The fraction of sp³-hybridized carbons (Fsp3) is 0.286. The number of carbonyl (C=O) groups is 1. The van der Waals surface area contributed by atoms with Crippen LogP contribution in [0.15, 0.2) is 12.4 Å². The minimum Gasteiger partial charge on any atom is -0.307 e. The summed E-state index contributed by atoms with van der Waals surface area (Å²) in [5.41, 5.74) is 0. The molecule has 1 N–H and O–H groups in total. The molecular formula is C7H8ClN3O3S. The molecule has 0 bridgehead atoms. The van der Waals surface area contributed by atoms with Crippen molar-refractivity contribution >= 4 is 33.2 Å². The SMILES string of the molecule is CS(=O)(=O)CC(=O)Nc1nccnc1Cl. The molecule has 1 heterocycles. The lowest BCUT2D eigenvalue weighted by Gasteiger charge is -2.03. The average molecular weight is 250 g/mol. The summed E-state index contributed by atoms with van der Waals surface area (Å²) in [4.78, 5) is 18.6. The minimum absolute atomic E-state index is 0.0133. The molecule has 0 atom stereocenters. The zero-order chi connectivity index (χ0) is 11.5. The van der Waals surface area contributed by atoms with Crippen LogP contribution in [0.3, 0.4) is 0 Å². The molecule has 0 aliphatic rings. The Kier molecular flexibility index (Phi) is 3.59. The Hall–Kier alpha value is -1.21. The maximum absolute atomic E-state index is 11.2. The molecule has 0 aromatic carbocycles. The van der Waals surface area contributed by atoms with Crippen molar-refractivity contribution in [3.05, 3.63) is 17.5 Å². The average Bonchev–Trinajstić information content (AvgIpc) is 2.05. The number of anilines is 1. The number of sulfone groups is 1. The van der Waals surface area contributed by atoms with Crippen molar-refractivity contribution in [2.75, 3.05) is 17.3 Å². The van der Waals surface area contributed by atoms with Gasteiger partial charge in [-0.05, 0) is 0 Å². The number of nitrogens with zero attached hydrogens (tertiary/aromatic N) is 2. The Morgan fingerprint density at radius 2 is 2.07 bits per heavy atom. The quantitative estimate of drug-likeness (QED) is 0.822. The fourth-order valence-corrected chi connectivity index (χ4v) is 1.51. The number of aromatic nitrogens is 2. The second-order valence-corrected chi connectivity index (χ2v) is 5.31. The highest BCUT2D eigenvalue weighted by atomic mass is 35.5. The highest BCUT2D eigenvalue weighted by Gasteiger charge is 2.13. The number of amides is 1. The summed E-state index contributed by atoms with van der Waals surface area (Å²) >= 11 is 5.60. The van der Waals surface area contributed by atoms with Gasteiger partial charge in [0.15, 0.2) is 20.8 Å². The van der Waals surface area contributed by atoms with Crippen LogP contribution < -0.4 is 5.32 Å². The van der Waals surface area contributed by atoms with Gasteiger partial charge in [0.05, 0.1) is 0 Å². The second kappa shape index (κ2) is 4.54. The van der Waals surface area contributed by atoms with E-state index >= 15 is 0 Å². The lowest BCUT2D eigenvalue weighted by atomic mass is 10.6. The van der Waals surface area contributed by atoms with Gasteiger partial charge in [-0.15, -0.1) is 0 Å². The molecule has 0 fully saturated rings. The predicted octanol–water partition coefficient (Wildman–Crippen LogP) is 0.113. The molecule has 1 amide bonds. The van der Waals surface area contributed by atoms with Gasteiger partial charge in [-0.3, -0.25) is 4.79 Å². The molecule has 0 aliphatic carbocycles. The van der Waals surface area contributed by atoms with E-state index in [9.17, 15) is 13.2 Å². The van der Waals surface area contributed by atoms with Crippen LogP contribution in [0, 0.1) is 0 Å². The largest absolute Gasteiger partial charge is 0.307 e. The van der Waals surface area contributed by atoms with Crippen LogP contribution in [0.4, 0.5) is 5.82 Å². The van der Waals surface area contributed by atoms with Crippen LogP contribution in [-0.2, 0) is 14.6 Å². The Balaban J connectivity index is 2.72. The van der Waals surface area contributed by atoms with Gasteiger partial charge in [-0.25, -0.2) is 18.4 Å². The lowest BCUT2D eigenvalue weighted by Crippen LogP contribution is -2.22. The maximum Gasteiger partial charge on any atom is 0.240 e. The van der Waals surface area contributed by atoms with E-state index in [0.717, 1.165) is 6.26 Å². The monoisotopic (exact) mass is 249 g/mol. The molecule has 0 radical (unpaired) electrons. The number of hydrogen-bond acceptors (Lipinski definition) is 5. The highest BCUT2D eigenvalue weighted by Crippen LogP contribution is 2.13. The Labute approximate surface area is 91.6 Å². The van der Waals surface area contributed by atoms with Crippen LogP contribution in [0.1, 0.15) is 0 Å². The summed E-state index contributed by atoms with van der Waals surface area (Å²) in [5, 5.41) is 2.26. The molecule has 0 spiro atoms. The van der Waals surface area contributed by atoms with Crippen LogP contribution in [0.25, 0.3) is 0 Å². The van der Waals surface area contributed by atoms with Crippen molar-refractivity contribution in [2.45, 2.75) is 0 Å². The van der Waals surface area contributed by atoms with E-state index < -0.39 is 21.5 Å².